The number of Topliss-reactive ketones (excluding diaryl/α,β-unsaturated/α-hetero) is 1. The summed E-state index contributed by atoms with van der Waals surface area (Å²) < 4.78 is 0. The van der Waals surface area contributed by atoms with Crippen LogP contribution < -0.4 is 0 Å². The van der Waals surface area contributed by atoms with E-state index in [-0.39, 0.29) is 22.7 Å². The van der Waals surface area contributed by atoms with Crippen LogP contribution in [0.2, 0.25) is 0 Å². The van der Waals surface area contributed by atoms with Gasteiger partial charge in [-0.15, -0.1) is 0 Å². The smallest absolute Gasteiger partial charge is 0.173 e. The summed E-state index contributed by atoms with van der Waals surface area (Å²) >= 11 is 0. The van der Waals surface area contributed by atoms with Gasteiger partial charge in [0, 0.05) is 28.7 Å². The van der Waals surface area contributed by atoms with Crippen LogP contribution in [-0.2, 0) is 16.6 Å². The molecule has 4 nitrogen and oxygen atoms in total. The molecule has 0 bridgehead atoms. The first-order chi connectivity index (χ1) is 11.1. The number of nitrogens with zero attached hydrogens (tertiary/aromatic N) is 2. The van der Waals surface area contributed by atoms with E-state index in [1.807, 2.05) is 24.3 Å². The number of benzene rings is 1. The first-order valence-corrected chi connectivity index (χ1v) is 7.93. The number of allylic oxidation sites excluding steroid dienone is 2. The zero-order valence-electron chi connectivity index (χ0n) is 13.0. The number of carbonyl (C=O) groups is 1. The third-order valence-electron chi connectivity index (χ3n) is 5.34. The SMILES string of the molecule is CC12C=C(C#N)C(=O)CC1CCc1c(-c3ccccc3)n[nH]c12. The molecular weight excluding hydrogens is 286 g/mol. The number of nitrogens with one attached hydrogen (secondary N) is 1. The molecule has 1 aromatic heterocycles. The maximum absolute atomic E-state index is 12.0. The molecule has 2 aliphatic carbocycles. The Morgan fingerprint density at radius 2 is 2.13 bits per heavy atom. The van der Waals surface area contributed by atoms with Gasteiger partial charge in [-0.05, 0) is 18.8 Å². The fraction of sp³-hybridized carbons (Fsp3) is 0.316. The maximum Gasteiger partial charge on any atom is 0.173 e. The third-order valence-corrected chi connectivity index (χ3v) is 5.34. The Bertz CT molecular complexity index is 856. The third kappa shape index (κ3) is 1.97. The second-order valence-corrected chi connectivity index (χ2v) is 6.61. The van der Waals surface area contributed by atoms with E-state index in [9.17, 15) is 10.1 Å². The van der Waals surface area contributed by atoms with Crippen LogP contribution in [0.3, 0.4) is 0 Å². The number of hydrogen-bond acceptors (Lipinski definition) is 3. The van der Waals surface area contributed by atoms with E-state index in [2.05, 4.69) is 35.3 Å². The fourth-order valence-corrected chi connectivity index (χ4v) is 4.02. The molecule has 2 aliphatic rings. The molecule has 2 atom stereocenters. The molecule has 23 heavy (non-hydrogen) atoms. The van der Waals surface area contributed by atoms with Crippen LogP contribution in [0.4, 0.5) is 0 Å². The highest BCUT2D eigenvalue weighted by Gasteiger charge is 2.45. The summed E-state index contributed by atoms with van der Waals surface area (Å²) in [5.41, 5.74) is 4.35. The lowest BCUT2D eigenvalue weighted by atomic mass is 9.61. The number of aromatic amines is 1. The Morgan fingerprint density at radius 3 is 2.87 bits per heavy atom. The summed E-state index contributed by atoms with van der Waals surface area (Å²) in [4.78, 5) is 12.0. The van der Waals surface area contributed by atoms with Crippen LogP contribution in [0.15, 0.2) is 42.0 Å². The van der Waals surface area contributed by atoms with E-state index in [4.69, 9.17) is 0 Å². The minimum Gasteiger partial charge on any atom is -0.293 e. The van der Waals surface area contributed by atoms with Crippen molar-refractivity contribution in [3.63, 3.8) is 0 Å². The molecule has 0 saturated carbocycles. The first-order valence-electron chi connectivity index (χ1n) is 7.93. The molecule has 0 radical (unpaired) electrons. The van der Waals surface area contributed by atoms with Gasteiger partial charge in [-0.3, -0.25) is 9.89 Å². The largest absolute Gasteiger partial charge is 0.293 e. The highest BCUT2D eigenvalue weighted by Crippen LogP contribution is 2.48. The Kier molecular flexibility index (Phi) is 2.99. The van der Waals surface area contributed by atoms with Crippen molar-refractivity contribution < 1.29 is 4.79 Å². The van der Waals surface area contributed by atoms with Crippen molar-refractivity contribution in [2.45, 2.75) is 31.6 Å². The number of rotatable bonds is 1. The normalized spacial score (nSPS) is 26.0. The predicted octanol–water partition coefficient (Wildman–Crippen LogP) is 3.32. The van der Waals surface area contributed by atoms with Crippen molar-refractivity contribution in [2.24, 2.45) is 5.92 Å². The van der Waals surface area contributed by atoms with Gasteiger partial charge in [0.15, 0.2) is 5.78 Å². The Morgan fingerprint density at radius 1 is 1.35 bits per heavy atom. The first kappa shape index (κ1) is 14.0. The van der Waals surface area contributed by atoms with Gasteiger partial charge >= 0.3 is 0 Å². The van der Waals surface area contributed by atoms with E-state index >= 15 is 0 Å². The topological polar surface area (TPSA) is 69.5 Å². The Labute approximate surface area is 134 Å². The molecule has 0 spiro atoms. The molecule has 0 amide bonds. The van der Waals surface area contributed by atoms with Crippen LogP contribution in [-0.4, -0.2) is 16.0 Å². The summed E-state index contributed by atoms with van der Waals surface area (Å²) in [5.74, 6) is 0.213. The standard InChI is InChI=1S/C19H17N3O/c1-19-10-13(11-20)16(23)9-14(19)7-8-15-17(21-22-18(15)19)12-5-3-2-4-6-12/h2-6,10,14H,7-9H2,1H3,(H,21,22). The molecule has 4 rings (SSSR count). The Hall–Kier alpha value is -2.67. The monoisotopic (exact) mass is 303 g/mol. The average molecular weight is 303 g/mol. The number of hydrogen-bond donors (Lipinski definition) is 1. The summed E-state index contributed by atoms with van der Waals surface area (Å²) in [6.45, 7) is 2.12. The highest BCUT2D eigenvalue weighted by atomic mass is 16.1. The van der Waals surface area contributed by atoms with Gasteiger partial charge in [-0.25, -0.2) is 0 Å². The summed E-state index contributed by atoms with van der Waals surface area (Å²) in [7, 11) is 0. The lowest BCUT2D eigenvalue weighted by molar-refractivity contribution is -0.117. The molecule has 0 saturated heterocycles. The number of aromatic nitrogens is 2. The second kappa shape index (κ2) is 4.92. The van der Waals surface area contributed by atoms with E-state index in [0.717, 1.165) is 29.8 Å². The molecule has 2 aromatic rings. The van der Waals surface area contributed by atoms with E-state index < -0.39 is 0 Å². The van der Waals surface area contributed by atoms with Gasteiger partial charge in [-0.2, -0.15) is 10.4 Å². The zero-order chi connectivity index (χ0) is 16.0. The second-order valence-electron chi connectivity index (χ2n) is 6.61. The van der Waals surface area contributed by atoms with Gasteiger partial charge in [0.05, 0.1) is 11.3 Å². The fourth-order valence-electron chi connectivity index (χ4n) is 4.02. The number of fused-ring (bicyclic) bond motifs is 3. The minimum atomic E-state index is -0.313. The van der Waals surface area contributed by atoms with Gasteiger partial charge in [0.1, 0.15) is 6.07 Å². The lowest BCUT2D eigenvalue weighted by Gasteiger charge is -2.41. The molecule has 1 aromatic carbocycles. The summed E-state index contributed by atoms with van der Waals surface area (Å²) in [6, 6.07) is 12.2. The van der Waals surface area contributed by atoms with Gasteiger partial charge in [0.2, 0.25) is 0 Å². The molecular formula is C19H17N3O. The molecule has 0 fully saturated rings. The van der Waals surface area contributed by atoms with Gasteiger partial charge in [0.25, 0.3) is 0 Å². The van der Waals surface area contributed by atoms with Crippen LogP contribution in [0, 0.1) is 17.2 Å². The number of nitriles is 1. The van der Waals surface area contributed by atoms with Gasteiger partial charge < -0.3 is 0 Å². The predicted molar refractivity (Wildman–Crippen MR) is 86.5 cm³/mol. The van der Waals surface area contributed by atoms with Crippen molar-refractivity contribution in [3.8, 4) is 17.3 Å². The van der Waals surface area contributed by atoms with Crippen LogP contribution in [0.25, 0.3) is 11.3 Å². The highest BCUT2D eigenvalue weighted by molar-refractivity contribution is 6.00. The van der Waals surface area contributed by atoms with E-state index in [0.29, 0.717) is 6.42 Å². The summed E-state index contributed by atoms with van der Waals surface area (Å²) in [6.07, 6.45) is 4.17. The molecule has 114 valence electrons. The average Bonchev–Trinajstić information content (AvgIpc) is 3.01. The van der Waals surface area contributed by atoms with Crippen molar-refractivity contribution in [2.75, 3.05) is 0 Å². The molecule has 1 heterocycles. The van der Waals surface area contributed by atoms with Crippen LogP contribution in [0.5, 0.6) is 0 Å². The van der Waals surface area contributed by atoms with Crippen molar-refractivity contribution in [1.29, 1.82) is 5.26 Å². The van der Waals surface area contributed by atoms with Crippen molar-refractivity contribution >= 4 is 5.78 Å². The minimum absolute atomic E-state index is 0.0266. The van der Waals surface area contributed by atoms with Crippen LogP contribution >= 0.6 is 0 Å². The van der Waals surface area contributed by atoms with Crippen molar-refractivity contribution in [3.05, 3.63) is 53.2 Å². The van der Waals surface area contributed by atoms with Gasteiger partial charge in [-0.1, -0.05) is 43.3 Å². The molecule has 0 aliphatic heterocycles. The summed E-state index contributed by atoms with van der Waals surface area (Å²) in [5, 5.41) is 17.0. The molecule has 4 heteroatoms. The molecule has 1 N–H and O–H groups in total. The molecule has 2 unspecified atom stereocenters. The van der Waals surface area contributed by atoms with E-state index in [1.54, 1.807) is 0 Å². The lowest BCUT2D eigenvalue weighted by Crippen LogP contribution is -2.40. The maximum atomic E-state index is 12.0. The number of ketones is 1. The zero-order valence-corrected chi connectivity index (χ0v) is 13.0. The Balaban J connectivity index is 1.87. The number of H-pyrrole nitrogens is 1. The quantitative estimate of drug-likeness (QED) is 0.878. The number of carbonyl (C=O) groups excluding carboxylic acids is 1. The van der Waals surface area contributed by atoms with E-state index in [1.165, 1.54) is 5.56 Å². The van der Waals surface area contributed by atoms with Crippen molar-refractivity contribution in [1.82, 2.24) is 10.2 Å². The van der Waals surface area contributed by atoms with Crippen LogP contribution in [0.1, 0.15) is 31.0 Å².